The number of ether oxygens (including phenoxy) is 1. The van der Waals surface area contributed by atoms with Crippen LogP contribution in [0.4, 0.5) is 0 Å². The number of carbonyl (C=O) groups excluding carboxylic acids is 1. The summed E-state index contributed by atoms with van der Waals surface area (Å²) >= 11 is 1.52. The fourth-order valence-electron chi connectivity index (χ4n) is 2.47. The third-order valence-electron chi connectivity index (χ3n) is 4.16. The van der Waals surface area contributed by atoms with Crippen molar-refractivity contribution in [2.45, 2.75) is 31.7 Å². The van der Waals surface area contributed by atoms with E-state index in [4.69, 9.17) is 4.74 Å². The van der Waals surface area contributed by atoms with Gasteiger partial charge in [-0.1, -0.05) is 54.2 Å². The van der Waals surface area contributed by atoms with Crippen molar-refractivity contribution in [2.75, 3.05) is 12.0 Å². The van der Waals surface area contributed by atoms with Crippen LogP contribution in [0.25, 0.3) is 0 Å². The number of nitrogens with zero attached hydrogens (tertiary/aromatic N) is 3. The lowest BCUT2D eigenvalue weighted by Gasteiger charge is -2.13. The molecule has 0 unspecified atom stereocenters. The molecule has 0 saturated carbocycles. The van der Waals surface area contributed by atoms with E-state index in [1.165, 1.54) is 17.3 Å². The Morgan fingerprint density at radius 1 is 1.07 bits per heavy atom. The minimum absolute atomic E-state index is 0.0787. The summed E-state index contributed by atoms with van der Waals surface area (Å²) in [6.07, 6.45) is 0. The highest BCUT2D eigenvalue weighted by Gasteiger charge is 2.13. The predicted molar refractivity (Wildman–Crippen MR) is 107 cm³/mol. The van der Waals surface area contributed by atoms with E-state index < -0.39 is 0 Å². The van der Waals surface area contributed by atoms with Crippen LogP contribution >= 0.6 is 11.8 Å². The summed E-state index contributed by atoms with van der Waals surface area (Å²) in [7, 11) is 0. The molecular weight excluding hydrogens is 360 g/mol. The van der Waals surface area contributed by atoms with Crippen LogP contribution < -0.4 is 10.2 Å². The monoisotopic (exact) mass is 382 g/mol. The first-order chi connectivity index (χ1) is 13.0. The number of amides is 1. The van der Waals surface area contributed by atoms with Crippen LogP contribution in [-0.2, 0) is 10.5 Å². The van der Waals surface area contributed by atoms with Crippen molar-refractivity contribution < 1.29 is 9.53 Å². The van der Waals surface area contributed by atoms with Gasteiger partial charge in [0.25, 0.3) is 5.91 Å². The van der Waals surface area contributed by atoms with Crippen molar-refractivity contribution in [3.8, 4) is 5.75 Å². The van der Waals surface area contributed by atoms with Gasteiger partial charge in [0.15, 0.2) is 6.61 Å². The van der Waals surface area contributed by atoms with Crippen LogP contribution in [-0.4, -0.2) is 27.4 Å². The molecule has 1 heterocycles. The molecule has 0 spiro atoms. The SMILES string of the molecule is Cc1cccc(OCC(=O)Nn2c(C)nnc2SCc2ccccc2)c1C. The third-order valence-corrected chi connectivity index (χ3v) is 5.16. The minimum atomic E-state index is -0.264. The molecule has 0 aliphatic heterocycles. The standard InChI is InChI=1S/C20H22N4O2S/c1-14-8-7-11-18(15(14)2)26-12-19(25)23-24-16(3)21-22-20(24)27-13-17-9-5-4-6-10-17/h4-11H,12-13H2,1-3H3,(H,23,25). The Hall–Kier alpha value is -2.80. The van der Waals surface area contributed by atoms with E-state index in [-0.39, 0.29) is 12.5 Å². The minimum Gasteiger partial charge on any atom is -0.483 e. The Balaban J connectivity index is 1.60. The van der Waals surface area contributed by atoms with Crippen molar-refractivity contribution in [3.63, 3.8) is 0 Å². The third kappa shape index (κ3) is 4.89. The number of rotatable bonds is 7. The van der Waals surface area contributed by atoms with E-state index >= 15 is 0 Å². The fraction of sp³-hybridized carbons (Fsp3) is 0.250. The topological polar surface area (TPSA) is 69.0 Å². The van der Waals surface area contributed by atoms with Gasteiger partial charge >= 0.3 is 0 Å². The average Bonchev–Trinajstić information content (AvgIpc) is 3.02. The maximum absolute atomic E-state index is 12.3. The Labute approximate surface area is 162 Å². The van der Waals surface area contributed by atoms with Gasteiger partial charge in [-0.2, -0.15) is 0 Å². The molecule has 1 N–H and O–H groups in total. The second kappa shape index (κ2) is 8.73. The molecule has 3 rings (SSSR count). The van der Waals surface area contributed by atoms with Gasteiger partial charge in [-0.15, -0.1) is 10.2 Å². The van der Waals surface area contributed by atoms with Gasteiger partial charge in [0.2, 0.25) is 5.16 Å². The largest absolute Gasteiger partial charge is 0.483 e. The molecule has 0 bridgehead atoms. The van der Waals surface area contributed by atoms with Gasteiger partial charge in [0.1, 0.15) is 11.6 Å². The number of nitrogens with one attached hydrogen (secondary N) is 1. The first kappa shape index (κ1) is 19.0. The maximum Gasteiger partial charge on any atom is 0.276 e. The zero-order valence-corrected chi connectivity index (χ0v) is 16.4. The Kier molecular flexibility index (Phi) is 6.13. The molecule has 0 atom stereocenters. The average molecular weight is 382 g/mol. The Bertz CT molecular complexity index is 925. The molecule has 3 aromatic rings. The van der Waals surface area contributed by atoms with Gasteiger partial charge in [-0.25, -0.2) is 4.68 Å². The van der Waals surface area contributed by atoms with E-state index in [9.17, 15) is 4.79 Å². The van der Waals surface area contributed by atoms with Gasteiger partial charge in [-0.3, -0.25) is 10.2 Å². The fourth-order valence-corrected chi connectivity index (χ4v) is 3.36. The molecule has 0 fully saturated rings. The van der Waals surface area contributed by atoms with Crippen LogP contribution in [0.1, 0.15) is 22.5 Å². The molecule has 1 aromatic heterocycles. The lowest BCUT2D eigenvalue weighted by Crippen LogP contribution is -2.29. The molecule has 0 saturated heterocycles. The van der Waals surface area contributed by atoms with Crippen LogP contribution in [0, 0.1) is 20.8 Å². The van der Waals surface area contributed by atoms with E-state index in [0.717, 1.165) is 16.9 Å². The highest BCUT2D eigenvalue weighted by molar-refractivity contribution is 7.98. The van der Waals surface area contributed by atoms with Crippen molar-refractivity contribution in [1.29, 1.82) is 0 Å². The van der Waals surface area contributed by atoms with Crippen LogP contribution in [0.5, 0.6) is 5.75 Å². The van der Waals surface area contributed by atoms with Crippen molar-refractivity contribution >= 4 is 17.7 Å². The molecule has 0 aliphatic carbocycles. The predicted octanol–water partition coefficient (Wildman–Crippen LogP) is 3.64. The molecule has 0 aliphatic rings. The summed E-state index contributed by atoms with van der Waals surface area (Å²) in [5.74, 6) is 1.81. The second-order valence-corrected chi connectivity index (χ2v) is 7.10. The van der Waals surface area contributed by atoms with E-state index in [1.54, 1.807) is 11.6 Å². The van der Waals surface area contributed by atoms with Crippen molar-refractivity contribution in [2.24, 2.45) is 0 Å². The van der Waals surface area contributed by atoms with Gasteiger partial charge in [0.05, 0.1) is 0 Å². The number of benzene rings is 2. The molecular formula is C20H22N4O2S. The summed E-state index contributed by atoms with van der Waals surface area (Å²) in [4.78, 5) is 12.3. The molecule has 27 heavy (non-hydrogen) atoms. The van der Waals surface area contributed by atoms with Gasteiger partial charge < -0.3 is 4.74 Å². The molecule has 2 aromatic carbocycles. The normalized spacial score (nSPS) is 10.6. The maximum atomic E-state index is 12.3. The number of aryl methyl sites for hydroxylation is 2. The number of carbonyl (C=O) groups is 1. The summed E-state index contributed by atoms with van der Waals surface area (Å²) in [6, 6.07) is 15.9. The molecule has 140 valence electrons. The Morgan fingerprint density at radius 3 is 2.63 bits per heavy atom. The van der Waals surface area contributed by atoms with E-state index in [0.29, 0.717) is 16.7 Å². The second-order valence-electron chi connectivity index (χ2n) is 6.16. The summed E-state index contributed by atoms with van der Waals surface area (Å²) in [6.45, 7) is 5.71. The van der Waals surface area contributed by atoms with Gasteiger partial charge in [0, 0.05) is 5.75 Å². The van der Waals surface area contributed by atoms with Gasteiger partial charge in [-0.05, 0) is 43.5 Å². The summed E-state index contributed by atoms with van der Waals surface area (Å²) in [5.41, 5.74) is 6.15. The van der Waals surface area contributed by atoms with E-state index in [1.807, 2.05) is 50.2 Å². The summed E-state index contributed by atoms with van der Waals surface area (Å²) in [5, 5.41) is 8.85. The smallest absolute Gasteiger partial charge is 0.276 e. The van der Waals surface area contributed by atoms with Crippen LogP contribution in [0.15, 0.2) is 53.7 Å². The lowest BCUT2D eigenvalue weighted by atomic mass is 10.1. The number of thioether (sulfide) groups is 1. The zero-order valence-electron chi connectivity index (χ0n) is 15.6. The Morgan fingerprint density at radius 2 is 1.85 bits per heavy atom. The number of hydrogen-bond donors (Lipinski definition) is 1. The van der Waals surface area contributed by atoms with Crippen LogP contribution in [0.2, 0.25) is 0 Å². The highest BCUT2D eigenvalue weighted by atomic mass is 32.2. The first-order valence-corrected chi connectivity index (χ1v) is 9.61. The number of hydrogen-bond acceptors (Lipinski definition) is 5. The quantitative estimate of drug-likeness (QED) is 0.632. The molecule has 0 radical (unpaired) electrons. The lowest BCUT2D eigenvalue weighted by molar-refractivity contribution is -0.119. The zero-order chi connectivity index (χ0) is 19.2. The first-order valence-electron chi connectivity index (χ1n) is 8.62. The molecule has 6 nitrogen and oxygen atoms in total. The van der Waals surface area contributed by atoms with Crippen molar-refractivity contribution in [1.82, 2.24) is 14.9 Å². The van der Waals surface area contributed by atoms with Crippen LogP contribution in [0.3, 0.4) is 0 Å². The molecule has 7 heteroatoms. The van der Waals surface area contributed by atoms with Crippen molar-refractivity contribution in [3.05, 3.63) is 71.0 Å². The highest BCUT2D eigenvalue weighted by Crippen LogP contribution is 2.22. The molecule has 1 amide bonds. The van der Waals surface area contributed by atoms with E-state index in [2.05, 4.69) is 27.8 Å². The number of aromatic nitrogens is 3. The summed E-state index contributed by atoms with van der Waals surface area (Å²) < 4.78 is 7.26.